The molecule has 6 heteroatoms. The van der Waals surface area contributed by atoms with Crippen molar-refractivity contribution in [2.45, 2.75) is 6.92 Å². The Morgan fingerprint density at radius 3 is 2.82 bits per heavy atom. The molecule has 1 heterocycles. The molecule has 0 bridgehead atoms. The van der Waals surface area contributed by atoms with Crippen LogP contribution in [0.25, 0.3) is 5.69 Å². The highest BCUT2D eigenvalue weighted by molar-refractivity contribution is 9.10. The van der Waals surface area contributed by atoms with E-state index in [-0.39, 0.29) is 5.56 Å². The van der Waals surface area contributed by atoms with Crippen LogP contribution < -0.4 is 5.56 Å². The summed E-state index contributed by atoms with van der Waals surface area (Å²) in [6.45, 7) is 1.92. The van der Waals surface area contributed by atoms with Gasteiger partial charge in [0.1, 0.15) is 0 Å². The number of halogens is 2. The summed E-state index contributed by atoms with van der Waals surface area (Å²) in [5.74, 6) is 0. The number of hydrogen-bond acceptors (Lipinski definition) is 2. The van der Waals surface area contributed by atoms with Crippen molar-refractivity contribution in [3.8, 4) is 5.69 Å². The van der Waals surface area contributed by atoms with Gasteiger partial charge in [-0.05, 0) is 52.8 Å². The van der Waals surface area contributed by atoms with Crippen LogP contribution in [0.1, 0.15) is 5.56 Å². The van der Waals surface area contributed by atoms with Crippen molar-refractivity contribution < 1.29 is 0 Å². The topological polar surface area (TPSA) is 37.8 Å². The molecule has 17 heavy (non-hydrogen) atoms. The molecule has 0 radical (unpaired) electrons. The zero-order chi connectivity index (χ0) is 12.6. The number of aromatic amines is 1. The number of nitrogens with zero attached hydrogens (tertiary/aromatic N) is 1. The average Bonchev–Trinajstić information content (AvgIpc) is 2.24. The molecule has 1 aromatic carbocycles. The predicted octanol–water partition coefficient (Wildman–Crippen LogP) is 3.62. The molecule has 1 aromatic heterocycles. The van der Waals surface area contributed by atoms with E-state index < -0.39 is 0 Å². The van der Waals surface area contributed by atoms with E-state index >= 15 is 0 Å². The lowest BCUT2D eigenvalue weighted by Crippen LogP contribution is -2.10. The highest BCUT2D eigenvalue weighted by atomic mass is 79.9. The molecule has 88 valence electrons. The maximum Gasteiger partial charge on any atom is 0.251 e. The van der Waals surface area contributed by atoms with Gasteiger partial charge in [-0.2, -0.15) is 0 Å². The van der Waals surface area contributed by atoms with Crippen molar-refractivity contribution in [2.24, 2.45) is 0 Å². The first-order valence-corrected chi connectivity index (χ1v) is 6.35. The van der Waals surface area contributed by atoms with Crippen molar-refractivity contribution in [1.29, 1.82) is 0 Å². The Labute approximate surface area is 116 Å². The summed E-state index contributed by atoms with van der Waals surface area (Å²) in [6, 6.07) is 5.12. The summed E-state index contributed by atoms with van der Waals surface area (Å²) in [5.41, 5.74) is 1.54. The first kappa shape index (κ1) is 12.5. The lowest BCUT2D eigenvalue weighted by Gasteiger charge is -2.10. The average molecular weight is 332 g/mol. The molecule has 2 rings (SSSR count). The third kappa shape index (κ3) is 2.51. The van der Waals surface area contributed by atoms with Crippen LogP contribution in [0.2, 0.25) is 5.02 Å². The Bertz CT molecular complexity index is 693. The summed E-state index contributed by atoms with van der Waals surface area (Å²) >= 11 is 14.6. The fourth-order valence-corrected chi connectivity index (χ4v) is 2.49. The molecule has 3 nitrogen and oxygen atoms in total. The first-order valence-electron chi connectivity index (χ1n) is 4.77. The van der Waals surface area contributed by atoms with Crippen LogP contribution in [0.5, 0.6) is 0 Å². The van der Waals surface area contributed by atoms with Crippen molar-refractivity contribution in [3.05, 3.63) is 54.6 Å². The third-order valence-electron chi connectivity index (χ3n) is 2.31. The Morgan fingerprint density at radius 1 is 1.47 bits per heavy atom. The van der Waals surface area contributed by atoms with Gasteiger partial charge < -0.3 is 0 Å². The number of H-pyrrole nitrogens is 1. The molecule has 0 saturated carbocycles. The predicted molar refractivity (Wildman–Crippen MR) is 74.7 cm³/mol. The van der Waals surface area contributed by atoms with E-state index in [9.17, 15) is 4.79 Å². The normalized spacial score (nSPS) is 10.5. The molecule has 2 aromatic rings. The molecule has 0 aliphatic rings. The summed E-state index contributed by atoms with van der Waals surface area (Å²) in [4.78, 5) is 13.7. The number of rotatable bonds is 1. The lowest BCUT2D eigenvalue weighted by molar-refractivity contribution is 0.932. The second-order valence-electron chi connectivity index (χ2n) is 3.53. The Balaban J connectivity index is 2.73. The number of nitrogens with one attached hydrogen (secondary N) is 1. The summed E-state index contributed by atoms with van der Waals surface area (Å²) in [7, 11) is 0. The van der Waals surface area contributed by atoms with E-state index in [1.54, 1.807) is 16.8 Å². The van der Waals surface area contributed by atoms with Gasteiger partial charge in [0.25, 0.3) is 5.56 Å². The van der Waals surface area contributed by atoms with Crippen LogP contribution in [-0.4, -0.2) is 9.55 Å². The molecule has 0 spiro atoms. The van der Waals surface area contributed by atoms with Crippen LogP contribution in [0.15, 0.2) is 33.7 Å². The van der Waals surface area contributed by atoms with Crippen LogP contribution in [-0.2, 0) is 0 Å². The maximum absolute atomic E-state index is 11.1. The standard InChI is InChI=1S/C11H8BrClN2OS/c1-6-4-7(12)9(5-8(6)13)15-3-2-10(16)14-11(15)17/h2-5H,1H3,(H,14,16,17). The van der Waals surface area contributed by atoms with Crippen molar-refractivity contribution in [2.75, 3.05) is 0 Å². The molecule has 1 N–H and O–H groups in total. The fourth-order valence-electron chi connectivity index (χ4n) is 1.43. The summed E-state index contributed by atoms with van der Waals surface area (Å²) in [5, 5.41) is 0.649. The fraction of sp³-hybridized carbons (Fsp3) is 0.0909. The van der Waals surface area contributed by atoms with Crippen molar-refractivity contribution in [3.63, 3.8) is 0 Å². The Morgan fingerprint density at radius 2 is 2.18 bits per heavy atom. The molecular formula is C11H8BrClN2OS. The number of aryl methyl sites for hydroxylation is 1. The molecule has 0 unspecified atom stereocenters. The van der Waals surface area contributed by atoms with Gasteiger partial charge in [-0.3, -0.25) is 14.3 Å². The van der Waals surface area contributed by atoms with Gasteiger partial charge in [-0.1, -0.05) is 11.6 Å². The Kier molecular flexibility index (Phi) is 3.51. The quantitative estimate of drug-likeness (QED) is 0.811. The van der Waals surface area contributed by atoms with E-state index in [4.69, 9.17) is 23.8 Å². The minimum Gasteiger partial charge on any atom is -0.299 e. The van der Waals surface area contributed by atoms with Gasteiger partial charge in [0.15, 0.2) is 4.77 Å². The van der Waals surface area contributed by atoms with Gasteiger partial charge in [0, 0.05) is 21.8 Å². The molecule has 0 aliphatic carbocycles. The second-order valence-corrected chi connectivity index (χ2v) is 5.18. The summed E-state index contributed by atoms with van der Waals surface area (Å²) < 4.78 is 2.88. The maximum atomic E-state index is 11.1. The van der Waals surface area contributed by atoms with E-state index in [1.807, 2.05) is 13.0 Å². The van der Waals surface area contributed by atoms with E-state index in [1.165, 1.54) is 6.07 Å². The van der Waals surface area contributed by atoms with Gasteiger partial charge in [-0.25, -0.2) is 0 Å². The van der Waals surface area contributed by atoms with Crippen molar-refractivity contribution in [1.82, 2.24) is 9.55 Å². The molecular weight excluding hydrogens is 324 g/mol. The number of benzene rings is 1. The monoisotopic (exact) mass is 330 g/mol. The zero-order valence-corrected chi connectivity index (χ0v) is 12.0. The smallest absolute Gasteiger partial charge is 0.251 e. The molecule has 0 atom stereocenters. The van der Waals surface area contributed by atoms with Crippen LogP contribution >= 0.6 is 39.7 Å². The number of aromatic nitrogens is 2. The SMILES string of the molecule is Cc1cc(Br)c(-n2ccc(=O)[nH]c2=S)cc1Cl. The van der Waals surface area contributed by atoms with Gasteiger partial charge in [0.05, 0.1) is 5.69 Å². The van der Waals surface area contributed by atoms with Crippen LogP contribution in [0.3, 0.4) is 0 Å². The van der Waals surface area contributed by atoms with Gasteiger partial charge in [-0.15, -0.1) is 0 Å². The van der Waals surface area contributed by atoms with Crippen LogP contribution in [0, 0.1) is 11.7 Å². The third-order valence-corrected chi connectivity index (χ3v) is 3.65. The largest absolute Gasteiger partial charge is 0.299 e. The molecule has 0 saturated heterocycles. The lowest BCUT2D eigenvalue weighted by atomic mass is 10.2. The first-order chi connectivity index (χ1) is 7.99. The van der Waals surface area contributed by atoms with Crippen molar-refractivity contribution >= 4 is 39.7 Å². The van der Waals surface area contributed by atoms with Gasteiger partial charge >= 0.3 is 0 Å². The van der Waals surface area contributed by atoms with Crippen LogP contribution in [0.4, 0.5) is 0 Å². The van der Waals surface area contributed by atoms with E-state index in [0.29, 0.717) is 9.79 Å². The summed E-state index contributed by atoms with van der Waals surface area (Å²) in [6.07, 6.45) is 1.62. The number of hydrogen-bond donors (Lipinski definition) is 1. The van der Waals surface area contributed by atoms with Gasteiger partial charge in [0.2, 0.25) is 0 Å². The minimum atomic E-state index is -0.222. The second kappa shape index (κ2) is 4.76. The highest BCUT2D eigenvalue weighted by Gasteiger charge is 2.06. The highest BCUT2D eigenvalue weighted by Crippen LogP contribution is 2.27. The van der Waals surface area contributed by atoms with E-state index in [0.717, 1.165) is 15.7 Å². The zero-order valence-electron chi connectivity index (χ0n) is 8.83. The molecule has 0 fully saturated rings. The van der Waals surface area contributed by atoms with E-state index in [2.05, 4.69) is 20.9 Å². The molecule has 0 amide bonds. The molecule has 0 aliphatic heterocycles. The Hall–Kier alpha value is -0.910. The minimum absolute atomic E-state index is 0.222.